The van der Waals surface area contributed by atoms with Gasteiger partial charge in [0, 0.05) is 6.42 Å². The molecular formula is C23H36O4. The van der Waals surface area contributed by atoms with E-state index in [1.165, 1.54) is 0 Å². The van der Waals surface area contributed by atoms with Crippen LogP contribution in [0.2, 0.25) is 0 Å². The number of carboxylic acid groups (broad SMARTS) is 1. The monoisotopic (exact) mass is 376 g/mol. The summed E-state index contributed by atoms with van der Waals surface area (Å²) in [6.07, 6.45) is 10.2. The molecular weight excluding hydrogens is 340 g/mol. The first-order valence-electron chi connectivity index (χ1n) is 10.9. The van der Waals surface area contributed by atoms with E-state index in [9.17, 15) is 20.1 Å². The van der Waals surface area contributed by atoms with Gasteiger partial charge < -0.3 is 15.3 Å². The summed E-state index contributed by atoms with van der Waals surface area (Å²) in [6, 6.07) is 0. The molecule has 0 radical (unpaired) electrons. The highest BCUT2D eigenvalue weighted by atomic mass is 16.4. The van der Waals surface area contributed by atoms with Gasteiger partial charge in [-0.1, -0.05) is 32.9 Å². The molecule has 0 aromatic heterocycles. The summed E-state index contributed by atoms with van der Waals surface area (Å²) < 4.78 is 0. The molecule has 0 amide bonds. The lowest BCUT2D eigenvalue weighted by atomic mass is 9.45. The number of aliphatic carboxylic acids is 1. The molecule has 0 spiro atoms. The molecule has 4 aliphatic carbocycles. The van der Waals surface area contributed by atoms with E-state index < -0.39 is 5.97 Å². The predicted octanol–water partition coefficient (Wildman–Crippen LogP) is 3.86. The summed E-state index contributed by atoms with van der Waals surface area (Å²) in [5.41, 5.74) is -0.0104. The molecule has 4 heteroatoms. The molecule has 10 atom stereocenters. The summed E-state index contributed by atoms with van der Waals surface area (Å²) in [4.78, 5) is 11.3. The van der Waals surface area contributed by atoms with Crippen molar-refractivity contribution >= 4 is 5.97 Å². The highest BCUT2D eigenvalue weighted by Crippen LogP contribution is 2.66. The summed E-state index contributed by atoms with van der Waals surface area (Å²) in [6.45, 7) is 6.68. The molecule has 152 valence electrons. The molecule has 27 heavy (non-hydrogen) atoms. The maximum absolute atomic E-state index is 11.4. The minimum absolute atomic E-state index is 0.101. The smallest absolute Gasteiger partial charge is 0.303 e. The molecule has 4 rings (SSSR count). The topological polar surface area (TPSA) is 77.8 Å². The first kappa shape index (κ1) is 19.4. The average Bonchev–Trinajstić information content (AvgIpc) is 2.95. The lowest BCUT2D eigenvalue weighted by Crippen LogP contribution is -2.57. The van der Waals surface area contributed by atoms with Crippen LogP contribution in [-0.2, 0) is 4.79 Å². The molecule has 3 N–H and O–H groups in total. The minimum atomic E-state index is -0.730. The summed E-state index contributed by atoms with van der Waals surface area (Å²) >= 11 is 0. The Morgan fingerprint density at radius 2 is 1.85 bits per heavy atom. The van der Waals surface area contributed by atoms with Crippen LogP contribution in [0.4, 0.5) is 0 Å². The number of aliphatic hydroxyl groups is 2. The molecule has 0 bridgehead atoms. The number of carboxylic acids is 1. The zero-order valence-electron chi connectivity index (χ0n) is 17.0. The fourth-order valence-electron chi connectivity index (χ4n) is 7.95. The Balaban J connectivity index is 1.64. The van der Waals surface area contributed by atoms with Gasteiger partial charge in [0.15, 0.2) is 0 Å². The van der Waals surface area contributed by atoms with Gasteiger partial charge in [-0.05, 0) is 84.9 Å². The van der Waals surface area contributed by atoms with Crippen molar-refractivity contribution in [3.63, 3.8) is 0 Å². The Morgan fingerprint density at radius 1 is 1.11 bits per heavy atom. The number of aliphatic hydroxyl groups excluding tert-OH is 2. The zero-order chi connectivity index (χ0) is 19.6. The Labute approximate surface area is 163 Å². The number of rotatable bonds is 3. The van der Waals surface area contributed by atoms with Crippen LogP contribution in [0.3, 0.4) is 0 Å². The predicted molar refractivity (Wildman–Crippen MR) is 104 cm³/mol. The SMILES string of the molecule is C[C@@H](CC(=O)O)[C@H]1CC[C@H]2[C@@H]3C=C[C@H]4C[C@@H](O)CC[C@]4(C)[C@H]3C[C@H](O)[C@]12C. The molecule has 0 unspecified atom stereocenters. The Bertz CT molecular complexity index is 630. The van der Waals surface area contributed by atoms with E-state index in [1.807, 2.05) is 0 Å². The van der Waals surface area contributed by atoms with E-state index in [0.29, 0.717) is 23.7 Å². The average molecular weight is 377 g/mol. The van der Waals surface area contributed by atoms with E-state index >= 15 is 0 Å². The standard InChI is InChI=1S/C23H36O4/c1-13(10-21(26)27)17-6-7-18-16-5-4-14-11-15(24)8-9-22(14,2)19(16)12-20(25)23(17,18)3/h4-5,13-20,24-25H,6-12H2,1-3H3,(H,26,27)/t13-,14-,15-,16-,17+,18-,19-,20-,22-,23+/m0/s1. The second-order valence-corrected chi connectivity index (χ2v) is 10.6. The van der Waals surface area contributed by atoms with Crippen molar-refractivity contribution in [2.24, 2.45) is 46.3 Å². The fraction of sp³-hybridized carbons (Fsp3) is 0.870. The van der Waals surface area contributed by atoms with Gasteiger partial charge >= 0.3 is 5.97 Å². The number of hydrogen-bond acceptors (Lipinski definition) is 3. The normalized spacial score (nSPS) is 52.6. The van der Waals surface area contributed by atoms with Crippen molar-refractivity contribution in [3.05, 3.63) is 12.2 Å². The van der Waals surface area contributed by atoms with Crippen LogP contribution in [0, 0.1) is 46.3 Å². The van der Waals surface area contributed by atoms with E-state index in [2.05, 4.69) is 32.9 Å². The van der Waals surface area contributed by atoms with Crippen LogP contribution in [0.5, 0.6) is 0 Å². The van der Waals surface area contributed by atoms with E-state index in [4.69, 9.17) is 0 Å². The molecule has 4 nitrogen and oxygen atoms in total. The van der Waals surface area contributed by atoms with Gasteiger partial charge in [-0.25, -0.2) is 0 Å². The summed E-state index contributed by atoms with van der Waals surface area (Å²) in [5.74, 6) is 1.46. The molecule has 0 aromatic rings. The second-order valence-electron chi connectivity index (χ2n) is 10.6. The highest BCUT2D eigenvalue weighted by molar-refractivity contribution is 5.67. The lowest BCUT2D eigenvalue weighted by Gasteiger charge is -2.60. The number of hydrogen-bond donors (Lipinski definition) is 3. The van der Waals surface area contributed by atoms with Gasteiger partial charge in [0.25, 0.3) is 0 Å². The van der Waals surface area contributed by atoms with Crippen LogP contribution in [0.1, 0.15) is 65.7 Å². The number of allylic oxidation sites excluding steroid dienone is 2. The zero-order valence-corrected chi connectivity index (χ0v) is 17.0. The number of carbonyl (C=O) groups is 1. The molecule has 3 fully saturated rings. The van der Waals surface area contributed by atoms with Crippen LogP contribution in [-0.4, -0.2) is 33.5 Å². The molecule has 0 aliphatic heterocycles. The third-order valence-corrected chi connectivity index (χ3v) is 9.50. The van der Waals surface area contributed by atoms with E-state index in [-0.39, 0.29) is 41.3 Å². The maximum Gasteiger partial charge on any atom is 0.303 e. The van der Waals surface area contributed by atoms with E-state index in [0.717, 1.165) is 38.5 Å². The van der Waals surface area contributed by atoms with Gasteiger partial charge in [-0.2, -0.15) is 0 Å². The fourth-order valence-corrected chi connectivity index (χ4v) is 7.95. The Kier molecular flexibility index (Phi) is 4.74. The number of fused-ring (bicyclic) bond motifs is 5. The minimum Gasteiger partial charge on any atom is -0.481 e. The van der Waals surface area contributed by atoms with Crippen LogP contribution in [0.25, 0.3) is 0 Å². The van der Waals surface area contributed by atoms with E-state index in [1.54, 1.807) is 0 Å². The van der Waals surface area contributed by atoms with Crippen LogP contribution >= 0.6 is 0 Å². The Hall–Kier alpha value is -0.870. The first-order valence-corrected chi connectivity index (χ1v) is 10.9. The van der Waals surface area contributed by atoms with Crippen molar-refractivity contribution in [1.82, 2.24) is 0 Å². The van der Waals surface area contributed by atoms with Crippen LogP contribution < -0.4 is 0 Å². The van der Waals surface area contributed by atoms with Gasteiger partial charge in [0.05, 0.1) is 12.2 Å². The largest absolute Gasteiger partial charge is 0.481 e. The van der Waals surface area contributed by atoms with Crippen molar-refractivity contribution in [2.45, 2.75) is 77.9 Å². The third kappa shape index (κ3) is 2.81. The van der Waals surface area contributed by atoms with Gasteiger partial charge in [0.1, 0.15) is 0 Å². The third-order valence-electron chi connectivity index (χ3n) is 9.50. The second kappa shape index (κ2) is 6.59. The molecule has 0 saturated heterocycles. The van der Waals surface area contributed by atoms with Gasteiger partial charge in [-0.15, -0.1) is 0 Å². The quantitative estimate of drug-likeness (QED) is 0.654. The van der Waals surface area contributed by atoms with Crippen molar-refractivity contribution in [1.29, 1.82) is 0 Å². The first-order chi connectivity index (χ1) is 12.7. The molecule has 0 heterocycles. The van der Waals surface area contributed by atoms with Gasteiger partial charge in [-0.3, -0.25) is 4.79 Å². The van der Waals surface area contributed by atoms with Crippen molar-refractivity contribution < 1.29 is 20.1 Å². The Morgan fingerprint density at radius 3 is 2.56 bits per heavy atom. The van der Waals surface area contributed by atoms with Crippen LogP contribution in [0.15, 0.2) is 12.2 Å². The molecule has 4 aliphatic rings. The highest BCUT2D eigenvalue weighted by Gasteiger charge is 2.62. The van der Waals surface area contributed by atoms with Gasteiger partial charge in [0.2, 0.25) is 0 Å². The van der Waals surface area contributed by atoms with Crippen molar-refractivity contribution in [3.8, 4) is 0 Å². The van der Waals surface area contributed by atoms with Crippen molar-refractivity contribution in [2.75, 3.05) is 0 Å². The maximum atomic E-state index is 11.4. The lowest BCUT2D eigenvalue weighted by molar-refractivity contribution is -0.149. The molecule has 3 saturated carbocycles. The molecule has 0 aromatic carbocycles. The summed E-state index contributed by atoms with van der Waals surface area (Å²) in [5, 5.41) is 30.8. The summed E-state index contributed by atoms with van der Waals surface area (Å²) in [7, 11) is 0.